The highest BCUT2D eigenvalue weighted by atomic mass is 16.5. The molecule has 2 atom stereocenters. The van der Waals surface area contributed by atoms with Crippen molar-refractivity contribution in [1.29, 1.82) is 0 Å². The number of carbonyl (C=O) groups excluding carboxylic acids is 2. The highest BCUT2D eigenvalue weighted by Gasteiger charge is 2.39. The van der Waals surface area contributed by atoms with Gasteiger partial charge in [-0.1, -0.05) is 18.2 Å². The van der Waals surface area contributed by atoms with Crippen molar-refractivity contribution in [2.24, 2.45) is 0 Å². The highest BCUT2D eigenvalue weighted by Crippen LogP contribution is 2.27. The Bertz CT molecular complexity index is 993. The minimum atomic E-state index is -0.718. The van der Waals surface area contributed by atoms with Gasteiger partial charge in [-0.15, -0.1) is 0 Å². The van der Waals surface area contributed by atoms with Gasteiger partial charge < -0.3 is 25.0 Å². The van der Waals surface area contributed by atoms with Gasteiger partial charge in [0.1, 0.15) is 11.8 Å². The fourth-order valence-electron chi connectivity index (χ4n) is 4.59. The maximum Gasteiger partial charge on any atom is 0.254 e. The average molecular weight is 438 g/mol. The van der Waals surface area contributed by atoms with E-state index in [-0.39, 0.29) is 24.8 Å². The number of likely N-dealkylation sites (tertiary alicyclic amines) is 1. The summed E-state index contributed by atoms with van der Waals surface area (Å²) >= 11 is 0. The van der Waals surface area contributed by atoms with Crippen LogP contribution in [0.4, 0.5) is 5.69 Å². The van der Waals surface area contributed by atoms with Gasteiger partial charge in [0.2, 0.25) is 5.91 Å². The summed E-state index contributed by atoms with van der Waals surface area (Å²) in [6.07, 6.45) is 1.68. The fraction of sp³-hybridized carbons (Fsp3) is 0.440. The topological polar surface area (TPSA) is 82.1 Å². The van der Waals surface area contributed by atoms with E-state index in [0.29, 0.717) is 24.5 Å². The van der Waals surface area contributed by atoms with Crippen LogP contribution >= 0.6 is 0 Å². The number of fused-ring (bicyclic) bond motifs is 1. The van der Waals surface area contributed by atoms with E-state index in [2.05, 4.69) is 29.4 Å². The SMILES string of the molecule is CCOc1cccc(C(=O)N2CC(O)CC2C(=O)NCc2ccc3c(c2)CCCN3C)c1. The predicted molar refractivity (Wildman–Crippen MR) is 123 cm³/mol. The molecular weight excluding hydrogens is 406 g/mol. The van der Waals surface area contributed by atoms with Crippen LogP contribution in [-0.4, -0.2) is 60.7 Å². The number of ether oxygens (including phenoxy) is 1. The number of hydrogen-bond donors (Lipinski definition) is 2. The molecule has 2 aliphatic heterocycles. The van der Waals surface area contributed by atoms with Gasteiger partial charge in [0.25, 0.3) is 5.91 Å². The summed E-state index contributed by atoms with van der Waals surface area (Å²) in [7, 11) is 2.10. The smallest absolute Gasteiger partial charge is 0.254 e. The molecule has 2 aliphatic rings. The lowest BCUT2D eigenvalue weighted by molar-refractivity contribution is -0.125. The Labute approximate surface area is 189 Å². The standard InChI is InChI=1S/C25H31N3O4/c1-3-32-21-8-4-6-19(13-21)25(31)28-16-20(29)14-23(28)24(30)26-15-17-9-10-22-18(12-17)7-5-11-27(22)2/h4,6,8-10,12-13,20,23,29H,3,5,7,11,14-16H2,1-2H3,(H,26,30). The molecule has 170 valence electrons. The molecule has 7 nitrogen and oxygen atoms in total. The molecule has 1 fully saturated rings. The van der Waals surface area contributed by atoms with Crippen LogP contribution in [0.3, 0.4) is 0 Å². The summed E-state index contributed by atoms with van der Waals surface area (Å²) < 4.78 is 5.49. The average Bonchev–Trinajstić information content (AvgIpc) is 3.19. The van der Waals surface area contributed by atoms with E-state index in [1.165, 1.54) is 16.2 Å². The van der Waals surface area contributed by atoms with E-state index in [9.17, 15) is 14.7 Å². The molecule has 0 aromatic heterocycles. The van der Waals surface area contributed by atoms with Crippen molar-refractivity contribution < 1.29 is 19.4 Å². The van der Waals surface area contributed by atoms with E-state index in [0.717, 1.165) is 24.9 Å². The molecule has 4 rings (SSSR count). The number of anilines is 1. The van der Waals surface area contributed by atoms with Crippen LogP contribution in [0, 0.1) is 0 Å². The quantitative estimate of drug-likeness (QED) is 0.725. The number of β-amino-alcohol motifs (C(OH)–C–C–N with tert-alkyl or cyclic N) is 1. The minimum Gasteiger partial charge on any atom is -0.494 e. The first kappa shape index (κ1) is 22.1. The monoisotopic (exact) mass is 437 g/mol. The molecule has 0 aliphatic carbocycles. The normalized spacial score (nSPS) is 20.1. The number of amides is 2. The van der Waals surface area contributed by atoms with Crippen molar-refractivity contribution in [3.63, 3.8) is 0 Å². The van der Waals surface area contributed by atoms with Crippen molar-refractivity contribution in [1.82, 2.24) is 10.2 Å². The molecule has 2 heterocycles. The maximum atomic E-state index is 13.1. The third kappa shape index (κ3) is 4.72. The van der Waals surface area contributed by atoms with Gasteiger partial charge in [0.15, 0.2) is 0 Å². The maximum absolute atomic E-state index is 13.1. The summed E-state index contributed by atoms with van der Waals surface area (Å²) in [6, 6.07) is 12.5. The van der Waals surface area contributed by atoms with Gasteiger partial charge in [0.05, 0.1) is 12.7 Å². The number of carbonyl (C=O) groups is 2. The zero-order chi connectivity index (χ0) is 22.7. The lowest BCUT2D eigenvalue weighted by Crippen LogP contribution is -2.45. The first-order valence-corrected chi connectivity index (χ1v) is 11.3. The van der Waals surface area contributed by atoms with Gasteiger partial charge in [-0.3, -0.25) is 9.59 Å². The number of rotatable bonds is 6. The minimum absolute atomic E-state index is 0.140. The van der Waals surface area contributed by atoms with Gasteiger partial charge in [-0.05, 0) is 55.2 Å². The molecular formula is C25H31N3O4. The summed E-state index contributed by atoms with van der Waals surface area (Å²) in [5.41, 5.74) is 4.03. The van der Waals surface area contributed by atoms with Crippen molar-refractivity contribution in [3.05, 3.63) is 59.2 Å². The van der Waals surface area contributed by atoms with Gasteiger partial charge in [-0.25, -0.2) is 0 Å². The zero-order valence-electron chi connectivity index (χ0n) is 18.7. The predicted octanol–water partition coefficient (Wildman–Crippen LogP) is 2.36. The van der Waals surface area contributed by atoms with E-state index >= 15 is 0 Å². The molecule has 0 radical (unpaired) electrons. The summed E-state index contributed by atoms with van der Waals surface area (Å²) in [5.74, 6) is 0.0860. The molecule has 2 aromatic rings. The Morgan fingerprint density at radius 3 is 2.88 bits per heavy atom. The largest absolute Gasteiger partial charge is 0.494 e. The number of aliphatic hydroxyl groups is 1. The van der Waals surface area contributed by atoms with Gasteiger partial charge >= 0.3 is 0 Å². The number of aryl methyl sites for hydroxylation is 1. The van der Waals surface area contributed by atoms with Crippen molar-refractivity contribution in [3.8, 4) is 5.75 Å². The van der Waals surface area contributed by atoms with Crippen LogP contribution in [0.2, 0.25) is 0 Å². The molecule has 7 heteroatoms. The van der Waals surface area contributed by atoms with Crippen molar-refractivity contribution in [2.75, 3.05) is 31.6 Å². The molecule has 32 heavy (non-hydrogen) atoms. The summed E-state index contributed by atoms with van der Waals surface area (Å²) in [5, 5.41) is 13.2. The molecule has 0 saturated carbocycles. The third-order valence-corrected chi connectivity index (χ3v) is 6.20. The van der Waals surface area contributed by atoms with E-state index in [4.69, 9.17) is 4.74 Å². The Morgan fingerprint density at radius 1 is 1.22 bits per heavy atom. The summed E-state index contributed by atoms with van der Waals surface area (Å²) in [6.45, 7) is 3.98. The van der Waals surface area contributed by atoms with Crippen LogP contribution in [-0.2, 0) is 17.8 Å². The van der Waals surface area contributed by atoms with Crippen LogP contribution in [0.15, 0.2) is 42.5 Å². The first-order valence-electron chi connectivity index (χ1n) is 11.3. The number of nitrogens with zero attached hydrogens (tertiary/aromatic N) is 2. The lowest BCUT2D eigenvalue weighted by atomic mass is 9.99. The number of nitrogens with one attached hydrogen (secondary N) is 1. The molecule has 2 aromatic carbocycles. The Balaban J connectivity index is 1.43. The molecule has 2 N–H and O–H groups in total. The van der Waals surface area contributed by atoms with Crippen molar-refractivity contribution in [2.45, 2.75) is 44.9 Å². The second kappa shape index (κ2) is 9.61. The third-order valence-electron chi connectivity index (χ3n) is 6.20. The van der Waals surface area contributed by atoms with Crippen LogP contribution < -0.4 is 15.0 Å². The second-order valence-electron chi connectivity index (χ2n) is 8.53. The molecule has 2 unspecified atom stereocenters. The van der Waals surface area contributed by atoms with Gasteiger partial charge in [-0.2, -0.15) is 0 Å². The Morgan fingerprint density at radius 2 is 2.06 bits per heavy atom. The lowest BCUT2D eigenvalue weighted by Gasteiger charge is -2.28. The molecule has 0 bridgehead atoms. The Hall–Kier alpha value is -3.06. The fourth-order valence-corrected chi connectivity index (χ4v) is 4.59. The van der Waals surface area contributed by atoms with E-state index in [1.54, 1.807) is 24.3 Å². The van der Waals surface area contributed by atoms with Crippen LogP contribution in [0.25, 0.3) is 0 Å². The van der Waals surface area contributed by atoms with Crippen LogP contribution in [0.1, 0.15) is 41.3 Å². The summed E-state index contributed by atoms with van der Waals surface area (Å²) in [4.78, 5) is 29.8. The zero-order valence-corrected chi connectivity index (χ0v) is 18.7. The second-order valence-corrected chi connectivity index (χ2v) is 8.53. The van der Waals surface area contributed by atoms with Gasteiger partial charge in [0, 0.05) is 44.4 Å². The first-order chi connectivity index (χ1) is 15.5. The highest BCUT2D eigenvalue weighted by molar-refractivity contribution is 5.98. The van der Waals surface area contributed by atoms with E-state index < -0.39 is 12.1 Å². The number of aliphatic hydroxyl groups excluding tert-OH is 1. The van der Waals surface area contributed by atoms with Crippen LogP contribution in [0.5, 0.6) is 5.75 Å². The number of benzene rings is 2. The Kier molecular flexibility index (Phi) is 6.65. The van der Waals surface area contributed by atoms with Crippen molar-refractivity contribution >= 4 is 17.5 Å². The molecule has 1 saturated heterocycles. The van der Waals surface area contributed by atoms with E-state index in [1.807, 2.05) is 13.0 Å². The molecule has 2 amide bonds. The molecule has 0 spiro atoms. The number of hydrogen-bond acceptors (Lipinski definition) is 5.